The molecule has 1 atom stereocenters. The average molecular weight is 474 g/mol. The van der Waals surface area contributed by atoms with Gasteiger partial charge in [0.1, 0.15) is 29.6 Å². The summed E-state index contributed by atoms with van der Waals surface area (Å²) in [6.07, 6.45) is 0. The molecule has 3 aromatic carbocycles. The van der Waals surface area contributed by atoms with Crippen LogP contribution in [0.25, 0.3) is 5.76 Å². The highest BCUT2D eigenvalue weighted by molar-refractivity contribution is 6.46. The van der Waals surface area contributed by atoms with E-state index in [-0.39, 0.29) is 24.5 Å². The predicted molar refractivity (Wildman–Crippen MR) is 132 cm³/mol. The summed E-state index contributed by atoms with van der Waals surface area (Å²) in [5.41, 5.74) is 2.18. The maximum atomic E-state index is 13.1. The van der Waals surface area contributed by atoms with Crippen molar-refractivity contribution in [3.8, 4) is 17.2 Å². The van der Waals surface area contributed by atoms with Crippen LogP contribution < -0.4 is 14.2 Å². The molecule has 1 heterocycles. The molecule has 0 spiro atoms. The van der Waals surface area contributed by atoms with E-state index in [1.165, 1.54) is 4.90 Å². The molecule has 0 radical (unpaired) electrons. The molecule has 0 saturated carbocycles. The number of aryl methyl sites for hydroxylation is 1. The van der Waals surface area contributed by atoms with Crippen LogP contribution in [0.1, 0.15) is 22.7 Å². The fourth-order valence-electron chi connectivity index (χ4n) is 4.07. The highest BCUT2D eigenvalue weighted by Crippen LogP contribution is 2.40. The lowest BCUT2D eigenvalue weighted by Crippen LogP contribution is -2.33. The van der Waals surface area contributed by atoms with Crippen LogP contribution in [-0.4, -0.2) is 49.1 Å². The number of hydrogen-bond donors (Lipinski definition) is 1. The molecule has 7 heteroatoms. The van der Waals surface area contributed by atoms with Crippen molar-refractivity contribution in [2.45, 2.75) is 13.0 Å². The Bertz CT molecular complexity index is 1250. The lowest BCUT2D eigenvalue weighted by Gasteiger charge is -2.25. The third kappa shape index (κ3) is 4.99. The summed E-state index contributed by atoms with van der Waals surface area (Å²) >= 11 is 0. The van der Waals surface area contributed by atoms with Crippen molar-refractivity contribution < 1.29 is 28.9 Å². The van der Waals surface area contributed by atoms with Crippen LogP contribution in [-0.2, 0) is 9.59 Å². The van der Waals surface area contributed by atoms with E-state index >= 15 is 0 Å². The first-order valence-corrected chi connectivity index (χ1v) is 11.2. The summed E-state index contributed by atoms with van der Waals surface area (Å²) in [5, 5.41) is 11.1. The number of rotatable bonds is 8. The van der Waals surface area contributed by atoms with Crippen LogP contribution in [0.15, 0.2) is 78.4 Å². The maximum Gasteiger partial charge on any atom is 0.295 e. The molecule has 0 aromatic heterocycles. The Morgan fingerprint density at radius 2 is 1.54 bits per heavy atom. The first-order valence-electron chi connectivity index (χ1n) is 11.2. The van der Waals surface area contributed by atoms with Gasteiger partial charge in [0.15, 0.2) is 0 Å². The van der Waals surface area contributed by atoms with Crippen molar-refractivity contribution in [1.82, 2.24) is 4.90 Å². The number of ether oxygens (including phenoxy) is 3. The number of carbonyl (C=O) groups is 2. The smallest absolute Gasteiger partial charge is 0.295 e. The van der Waals surface area contributed by atoms with Crippen LogP contribution in [0.4, 0.5) is 0 Å². The molecule has 3 aromatic rings. The van der Waals surface area contributed by atoms with Crippen molar-refractivity contribution in [3.63, 3.8) is 0 Å². The number of methoxy groups -OCH3 is 2. The second kappa shape index (κ2) is 10.3. The first-order chi connectivity index (χ1) is 16.9. The molecule has 180 valence electrons. The lowest BCUT2D eigenvalue weighted by atomic mass is 9.95. The lowest BCUT2D eigenvalue weighted by molar-refractivity contribution is -0.140. The molecule has 7 nitrogen and oxygen atoms in total. The molecular formula is C28H27NO6. The van der Waals surface area contributed by atoms with Crippen molar-refractivity contribution in [2.75, 3.05) is 27.4 Å². The fraction of sp³-hybridized carbons (Fsp3) is 0.214. The van der Waals surface area contributed by atoms with Gasteiger partial charge < -0.3 is 24.2 Å². The van der Waals surface area contributed by atoms with E-state index in [0.717, 1.165) is 5.56 Å². The van der Waals surface area contributed by atoms with Crippen molar-refractivity contribution in [2.24, 2.45) is 0 Å². The maximum absolute atomic E-state index is 13.1. The molecule has 4 rings (SSSR count). The second-order valence-corrected chi connectivity index (χ2v) is 8.16. The summed E-state index contributed by atoms with van der Waals surface area (Å²) in [6.45, 7) is 2.23. The summed E-state index contributed by atoms with van der Waals surface area (Å²) in [4.78, 5) is 27.7. The number of aliphatic hydroxyl groups excluding tert-OH is 1. The second-order valence-electron chi connectivity index (χ2n) is 8.16. The van der Waals surface area contributed by atoms with Crippen LogP contribution in [0.5, 0.6) is 17.2 Å². The predicted octanol–water partition coefficient (Wildman–Crippen LogP) is 4.51. The normalized spacial score (nSPS) is 16.9. The fourth-order valence-corrected chi connectivity index (χ4v) is 4.07. The van der Waals surface area contributed by atoms with Gasteiger partial charge in [-0.25, -0.2) is 0 Å². The van der Waals surface area contributed by atoms with E-state index in [2.05, 4.69) is 0 Å². The third-order valence-corrected chi connectivity index (χ3v) is 5.93. The highest BCUT2D eigenvalue weighted by Gasteiger charge is 2.46. The number of likely N-dealkylation sites (tertiary alicyclic amines) is 1. The van der Waals surface area contributed by atoms with Gasteiger partial charge >= 0.3 is 0 Å². The van der Waals surface area contributed by atoms with Gasteiger partial charge in [-0.05, 0) is 48.9 Å². The minimum Gasteiger partial charge on any atom is -0.507 e. The number of nitrogens with zero attached hydrogens (tertiary/aromatic N) is 1. The minimum atomic E-state index is -0.786. The number of Topliss-reactive ketones (excluding diaryl/α,β-unsaturated/α-hetero) is 1. The molecule has 1 amide bonds. The van der Waals surface area contributed by atoms with Crippen LogP contribution >= 0.6 is 0 Å². The number of amides is 1. The van der Waals surface area contributed by atoms with E-state index < -0.39 is 17.7 Å². The van der Waals surface area contributed by atoms with E-state index in [1.54, 1.807) is 74.9 Å². The first kappa shape index (κ1) is 23.9. The molecule has 1 unspecified atom stereocenters. The molecule has 0 bridgehead atoms. The van der Waals surface area contributed by atoms with E-state index in [4.69, 9.17) is 14.2 Å². The zero-order chi connectivity index (χ0) is 24.9. The van der Waals surface area contributed by atoms with Gasteiger partial charge in [0.05, 0.1) is 32.4 Å². The Morgan fingerprint density at radius 1 is 0.886 bits per heavy atom. The topological polar surface area (TPSA) is 85.3 Å². The van der Waals surface area contributed by atoms with Gasteiger partial charge in [0, 0.05) is 5.56 Å². The van der Waals surface area contributed by atoms with Crippen LogP contribution in [0, 0.1) is 6.92 Å². The Balaban J connectivity index is 1.68. The molecule has 1 aliphatic rings. The Morgan fingerprint density at radius 3 is 2.20 bits per heavy atom. The summed E-state index contributed by atoms with van der Waals surface area (Å²) in [6, 6.07) is 20.6. The highest BCUT2D eigenvalue weighted by atomic mass is 16.5. The average Bonchev–Trinajstić information content (AvgIpc) is 3.14. The van der Waals surface area contributed by atoms with Gasteiger partial charge in [-0.3, -0.25) is 9.59 Å². The molecule has 1 fully saturated rings. The molecule has 1 aliphatic heterocycles. The van der Waals surface area contributed by atoms with Gasteiger partial charge in [0.2, 0.25) is 0 Å². The van der Waals surface area contributed by atoms with Gasteiger partial charge in [0.25, 0.3) is 11.7 Å². The standard InChI is InChI=1S/C28H27NO6/c1-18-7-9-19(10-8-18)26(30)24-25(20-5-4-6-23(17-20)34-3)29(28(32)27(24)31)15-16-35-22-13-11-21(33-2)12-14-22/h4-14,17,25,30H,15-16H2,1-3H3/b26-24-. The number of ketones is 1. The molecule has 35 heavy (non-hydrogen) atoms. The van der Waals surface area contributed by atoms with Crippen LogP contribution in [0.3, 0.4) is 0 Å². The Labute approximate surface area is 204 Å². The number of benzene rings is 3. The van der Waals surface area contributed by atoms with Gasteiger partial charge in [-0.15, -0.1) is 0 Å². The van der Waals surface area contributed by atoms with Crippen molar-refractivity contribution >= 4 is 17.4 Å². The SMILES string of the molecule is COc1ccc(OCCN2C(=O)C(=O)/C(=C(\O)c3ccc(C)cc3)C2c2cccc(OC)c2)cc1. The number of aliphatic hydroxyl groups is 1. The number of hydrogen-bond acceptors (Lipinski definition) is 6. The zero-order valence-corrected chi connectivity index (χ0v) is 19.9. The van der Waals surface area contributed by atoms with Gasteiger partial charge in [-0.2, -0.15) is 0 Å². The number of carbonyl (C=O) groups excluding carboxylic acids is 2. The van der Waals surface area contributed by atoms with E-state index in [1.807, 2.05) is 19.1 Å². The largest absolute Gasteiger partial charge is 0.507 e. The van der Waals surface area contributed by atoms with Crippen molar-refractivity contribution in [1.29, 1.82) is 0 Å². The van der Waals surface area contributed by atoms with Gasteiger partial charge in [-0.1, -0.05) is 42.0 Å². The molecular weight excluding hydrogens is 446 g/mol. The summed E-state index contributed by atoms with van der Waals surface area (Å²) < 4.78 is 16.3. The minimum absolute atomic E-state index is 0.0385. The monoisotopic (exact) mass is 473 g/mol. The third-order valence-electron chi connectivity index (χ3n) is 5.93. The Kier molecular flexibility index (Phi) is 7.06. The molecule has 0 aliphatic carbocycles. The quantitative estimate of drug-likeness (QED) is 0.294. The summed E-state index contributed by atoms with van der Waals surface area (Å²) in [5.74, 6) is 0.259. The Hall–Kier alpha value is -4.26. The zero-order valence-electron chi connectivity index (χ0n) is 19.9. The molecule has 1 saturated heterocycles. The van der Waals surface area contributed by atoms with E-state index in [9.17, 15) is 14.7 Å². The van der Waals surface area contributed by atoms with E-state index in [0.29, 0.717) is 28.4 Å². The van der Waals surface area contributed by atoms with Crippen molar-refractivity contribution in [3.05, 3.63) is 95.1 Å². The van der Waals surface area contributed by atoms with Crippen LogP contribution in [0.2, 0.25) is 0 Å². The molecule has 1 N–H and O–H groups in total. The summed E-state index contributed by atoms with van der Waals surface area (Å²) in [7, 11) is 3.13.